The van der Waals surface area contributed by atoms with Gasteiger partial charge in [0.1, 0.15) is 5.69 Å². The van der Waals surface area contributed by atoms with Crippen LogP contribution in [0.1, 0.15) is 0 Å². The van der Waals surface area contributed by atoms with E-state index in [1.54, 1.807) is 12.1 Å². The Morgan fingerprint density at radius 3 is 2.93 bits per heavy atom. The molecule has 14 heavy (non-hydrogen) atoms. The van der Waals surface area contributed by atoms with Gasteiger partial charge in [0.2, 0.25) is 4.60 Å². The second kappa shape index (κ2) is 4.87. The van der Waals surface area contributed by atoms with Gasteiger partial charge in [0.25, 0.3) is 0 Å². The molecule has 0 saturated carbocycles. The van der Waals surface area contributed by atoms with E-state index in [0.29, 0.717) is 23.4 Å². The summed E-state index contributed by atoms with van der Waals surface area (Å²) in [6, 6.07) is 3.22. The molecule has 6 nitrogen and oxygen atoms in total. The second-order valence-electron chi connectivity index (χ2n) is 2.48. The highest BCUT2D eigenvalue weighted by Gasteiger charge is 2.15. The molecule has 1 heterocycles. The van der Waals surface area contributed by atoms with Crippen molar-refractivity contribution in [3.05, 3.63) is 26.9 Å². The number of nitro groups is 1. The molecule has 0 bridgehead atoms. The minimum Gasteiger partial charge on any atom is -0.377 e. The fraction of sp³-hybridized carbons (Fsp3) is 0.286. The summed E-state index contributed by atoms with van der Waals surface area (Å²) in [4.78, 5) is 13.8. The van der Waals surface area contributed by atoms with Crippen molar-refractivity contribution in [1.29, 1.82) is 0 Å². The lowest BCUT2D eigenvalue weighted by Gasteiger charge is -2.04. The number of aromatic nitrogens is 1. The molecule has 76 valence electrons. The van der Waals surface area contributed by atoms with E-state index in [9.17, 15) is 10.1 Å². The summed E-state index contributed by atoms with van der Waals surface area (Å²) in [5.41, 5.74) is 5.65. The zero-order valence-corrected chi connectivity index (χ0v) is 8.82. The lowest BCUT2D eigenvalue weighted by Crippen LogP contribution is -2.14. The number of anilines is 1. The molecule has 0 aromatic carbocycles. The van der Waals surface area contributed by atoms with Crippen molar-refractivity contribution in [2.45, 2.75) is 0 Å². The number of hydrogen-bond donors (Lipinski definition) is 2. The molecular formula is C7H9BrN4O2. The number of pyridine rings is 1. The highest BCUT2D eigenvalue weighted by Crippen LogP contribution is 2.23. The summed E-state index contributed by atoms with van der Waals surface area (Å²) >= 11 is 3.06. The summed E-state index contributed by atoms with van der Waals surface area (Å²) in [7, 11) is 0. The van der Waals surface area contributed by atoms with E-state index in [1.165, 1.54) is 0 Å². The van der Waals surface area contributed by atoms with Crippen molar-refractivity contribution in [2.24, 2.45) is 5.73 Å². The van der Waals surface area contributed by atoms with Crippen LogP contribution in [0.5, 0.6) is 0 Å². The third kappa shape index (κ3) is 2.64. The Kier molecular flexibility index (Phi) is 3.78. The quantitative estimate of drug-likeness (QED) is 0.481. The fourth-order valence-corrected chi connectivity index (χ4v) is 1.21. The minimum atomic E-state index is -0.538. The van der Waals surface area contributed by atoms with Crippen LogP contribution in [0.4, 0.5) is 11.5 Å². The molecule has 0 aliphatic rings. The molecule has 0 aliphatic heterocycles. The minimum absolute atomic E-state index is 0.201. The van der Waals surface area contributed by atoms with E-state index >= 15 is 0 Å². The third-order valence-corrected chi connectivity index (χ3v) is 1.92. The van der Waals surface area contributed by atoms with Crippen LogP contribution in [0.15, 0.2) is 16.7 Å². The van der Waals surface area contributed by atoms with E-state index in [1.807, 2.05) is 0 Å². The predicted octanol–water partition coefficient (Wildman–Crippen LogP) is 1.12. The van der Waals surface area contributed by atoms with Gasteiger partial charge in [-0.2, -0.15) is 0 Å². The molecule has 1 aromatic rings. The van der Waals surface area contributed by atoms with E-state index in [2.05, 4.69) is 26.2 Å². The largest absolute Gasteiger partial charge is 0.388 e. The Hall–Kier alpha value is -1.21. The van der Waals surface area contributed by atoms with Crippen LogP contribution in [-0.4, -0.2) is 23.0 Å². The van der Waals surface area contributed by atoms with Gasteiger partial charge in [-0.25, -0.2) is 0 Å². The number of nitrogens with two attached hydrogens (primary N) is 1. The van der Waals surface area contributed by atoms with Gasteiger partial charge < -0.3 is 21.2 Å². The Morgan fingerprint density at radius 1 is 1.64 bits per heavy atom. The molecule has 0 amide bonds. The first-order valence-corrected chi connectivity index (χ1v) is 4.69. The van der Waals surface area contributed by atoms with Crippen LogP contribution >= 0.6 is 15.9 Å². The van der Waals surface area contributed by atoms with Crippen LogP contribution < -0.4 is 11.1 Å². The summed E-state index contributed by atoms with van der Waals surface area (Å²) in [6.45, 7) is 0.886. The molecule has 0 spiro atoms. The zero-order valence-electron chi connectivity index (χ0n) is 7.24. The van der Waals surface area contributed by atoms with E-state index in [-0.39, 0.29) is 5.82 Å². The molecular weight excluding hydrogens is 252 g/mol. The highest BCUT2D eigenvalue weighted by atomic mass is 79.9. The molecule has 1 rings (SSSR count). The number of rotatable bonds is 4. The van der Waals surface area contributed by atoms with Gasteiger partial charge in [-0.3, -0.25) is 0 Å². The van der Waals surface area contributed by atoms with Crippen LogP contribution in [-0.2, 0) is 0 Å². The molecule has 0 aliphatic carbocycles. The monoisotopic (exact) mass is 260 g/mol. The van der Waals surface area contributed by atoms with Crippen LogP contribution in [0.25, 0.3) is 0 Å². The first-order valence-electron chi connectivity index (χ1n) is 3.90. The Labute approximate surface area is 88.8 Å². The molecule has 0 unspecified atom stereocenters. The number of nitrogens with one attached hydrogen (secondary N) is 1. The lowest BCUT2D eigenvalue weighted by molar-refractivity contribution is -0.388. The number of halogens is 1. The molecule has 1 aromatic heterocycles. The molecule has 0 saturated heterocycles. The van der Waals surface area contributed by atoms with Gasteiger partial charge in [0, 0.05) is 29.0 Å². The van der Waals surface area contributed by atoms with E-state index in [4.69, 9.17) is 5.73 Å². The van der Waals surface area contributed by atoms with Crippen molar-refractivity contribution in [3.8, 4) is 0 Å². The maximum atomic E-state index is 10.6. The predicted molar refractivity (Wildman–Crippen MR) is 56.1 cm³/mol. The normalized spacial score (nSPS) is 9.86. The Morgan fingerprint density at radius 2 is 2.36 bits per heavy atom. The summed E-state index contributed by atoms with van der Waals surface area (Å²) in [5.74, 6) is -0.201. The van der Waals surface area contributed by atoms with Gasteiger partial charge in [-0.1, -0.05) is 0 Å². The van der Waals surface area contributed by atoms with Gasteiger partial charge in [0.05, 0.1) is 0 Å². The fourth-order valence-electron chi connectivity index (χ4n) is 0.909. The molecule has 0 fully saturated rings. The van der Waals surface area contributed by atoms with Crippen LogP contribution in [0.2, 0.25) is 0 Å². The zero-order chi connectivity index (χ0) is 10.6. The highest BCUT2D eigenvalue weighted by molar-refractivity contribution is 9.10. The van der Waals surface area contributed by atoms with Gasteiger partial charge in [-0.05, 0) is 22.0 Å². The van der Waals surface area contributed by atoms with Crippen molar-refractivity contribution < 1.29 is 4.92 Å². The molecule has 7 heteroatoms. The smallest absolute Gasteiger partial charge is 0.377 e. The molecule has 0 atom stereocenters. The van der Waals surface area contributed by atoms with E-state index in [0.717, 1.165) is 0 Å². The third-order valence-electron chi connectivity index (χ3n) is 1.47. The van der Waals surface area contributed by atoms with Crippen molar-refractivity contribution in [2.75, 3.05) is 18.4 Å². The maximum Gasteiger partial charge on any atom is 0.388 e. The van der Waals surface area contributed by atoms with E-state index < -0.39 is 4.92 Å². The lowest BCUT2D eigenvalue weighted by atomic mass is 10.4. The summed E-state index contributed by atoms with van der Waals surface area (Å²) in [6.07, 6.45) is 0. The molecule has 3 N–H and O–H groups in total. The maximum absolute atomic E-state index is 10.6. The average Bonchev–Trinajstić information content (AvgIpc) is 2.15. The van der Waals surface area contributed by atoms with Gasteiger partial charge >= 0.3 is 5.82 Å². The topological polar surface area (TPSA) is 94.1 Å². The van der Waals surface area contributed by atoms with Crippen molar-refractivity contribution >= 4 is 27.4 Å². The molecule has 0 radical (unpaired) electrons. The van der Waals surface area contributed by atoms with Crippen molar-refractivity contribution in [1.82, 2.24) is 4.98 Å². The Bertz CT molecular complexity index is 344. The first kappa shape index (κ1) is 10.9. The van der Waals surface area contributed by atoms with Gasteiger partial charge in [-0.15, -0.1) is 0 Å². The second-order valence-corrected chi connectivity index (χ2v) is 3.29. The summed E-state index contributed by atoms with van der Waals surface area (Å²) < 4.78 is 0.433. The number of nitrogens with zero attached hydrogens (tertiary/aromatic N) is 2. The number of hydrogen-bond acceptors (Lipinski definition) is 5. The standard InChI is InChI=1S/C7H9BrN4O2/c8-6-2-1-5(10-4-3-9)7(11-6)12(13)14/h1-2,10H,3-4,9H2. The van der Waals surface area contributed by atoms with Gasteiger partial charge in [0.15, 0.2) is 0 Å². The SMILES string of the molecule is NCCNc1ccc(Br)nc1[N+](=O)[O-]. The average molecular weight is 261 g/mol. The summed E-state index contributed by atoms with van der Waals surface area (Å²) in [5, 5.41) is 13.4. The Balaban J connectivity index is 2.96. The van der Waals surface area contributed by atoms with Crippen LogP contribution in [0, 0.1) is 10.1 Å². The first-order chi connectivity index (χ1) is 6.65. The van der Waals surface area contributed by atoms with Crippen molar-refractivity contribution in [3.63, 3.8) is 0 Å². The van der Waals surface area contributed by atoms with Crippen LogP contribution in [0.3, 0.4) is 0 Å².